The van der Waals surface area contributed by atoms with E-state index in [0.717, 1.165) is 0 Å². The molecule has 138 valence electrons. The average Bonchev–Trinajstić information content (AvgIpc) is 3.30. The molecule has 0 fully saturated rings. The average molecular weight is 368 g/mol. The highest BCUT2D eigenvalue weighted by Crippen LogP contribution is 2.31. The van der Waals surface area contributed by atoms with Gasteiger partial charge in [0.15, 0.2) is 11.6 Å². The summed E-state index contributed by atoms with van der Waals surface area (Å²) in [5, 5.41) is 2.56. The molecule has 3 aromatic heterocycles. The number of rotatable bonds is 3. The van der Waals surface area contributed by atoms with Crippen molar-refractivity contribution in [2.45, 2.75) is 13.5 Å². The molecule has 0 spiro atoms. The number of amides is 1. The van der Waals surface area contributed by atoms with Gasteiger partial charge in [-0.25, -0.2) is 9.37 Å². The number of carbonyl (C=O) groups excluding carboxylic acids is 1. The fourth-order valence-corrected chi connectivity index (χ4v) is 3.39. The number of pyridine rings is 1. The second-order valence-electron chi connectivity index (χ2n) is 6.16. The number of aryl methyl sites for hydroxylation is 2. The lowest BCUT2D eigenvalue weighted by Gasteiger charge is -2.12. The second kappa shape index (κ2) is 6.08. The zero-order valence-corrected chi connectivity index (χ0v) is 15.0. The molecule has 0 aliphatic heterocycles. The van der Waals surface area contributed by atoms with Gasteiger partial charge in [-0.3, -0.25) is 9.59 Å². The molecule has 0 bridgehead atoms. The van der Waals surface area contributed by atoms with Crippen molar-refractivity contribution in [1.29, 1.82) is 0 Å². The van der Waals surface area contributed by atoms with Gasteiger partial charge in [-0.05, 0) is 25.1 Å². The lowest BCUT2D eigenvalue weighted by molar-refractivity contribution is 0.0961. The number of hydrogen-bond acceptors (Lipinski definition) is 4. The molecule has 4 aromatic rings. The van der Waals surface area contributed by atoms with Gasteiger partial charge in [0.05, 0.1) is 17.2 Å². The van der Waals surface area contributed by atoms with E-state index in [4.69, 9.17) is 4.42 Å². The summed E-state index contributed by atoms with van der Waals surface area (Å²) >= 11 is 0. The quantitative estimate of drug-likeness (QED) is 0.603. The maximum Gasteiger partial charge on any atom is 0.256 e. The Morgan fingerprint density at radius 3 is 2.78 bits per heavy atom. The Labute approximate surface area is 153 Å². The van der Waals surface area contributed by atoms with Crippen LogP contribution in [0.1, 0.15) is 17.3 Å². The second-order valence-corrected chi connectivity index (χ2v) is 6.16. The Bertz CT molecular complexity index is 1250. The lowest BCUT2D eigenvalue weighted by Crippen LogP contribution is -2.27. The highest BCUT2D eigenvalue weighted by molar-refractivity contribution is 6.06. The predicted octanol–water partition coefficient (Wildman–Crippen LogP) is 2.67. The van der Waals surface area contributed by atoms with Gasteiger partial charge in [-0.1, -0.05) is 0 Å². The van der Waals surface area contributed by atoms with Crippen LogP contribution in [-0.4, -0.2) is 27.1 Å². The first kappa shape index (κ1) is 17.0. The fraction of sp³-hybridized carbons (Fsp3) is 0.211. The predicted molar refractivity (Wildman–Crippen MR) is 99.2 cm³/mol. The first-order chi connectivity index (χ1) is 13.0. The molecule has 7 nitrogen and oxygen atoms in total. The van der Waals surface area contributed by atoms with Crippen molar-refractivity contribution in [3.8, 4) is 11.6 Å². The third-order valence-electron chi connectivity index (χ3n) is 4.69. The number of hydrogen-bond donors (Lipinski definition) is 1. The Hall–Kier alpha value is -3.42. The van der Waals surface area contributed by atoms with Gasteiger partial charge >= 0.3 is 0 Å². The number of aromatic nitrogens is 3. The minimum absolute atomic E-state index is 0.0345. The van der Waals surface area contributed by atoms with Gasteiger partial charge in [0.2, 0.25) is 5.43 Å². The number of imidazole rings is 1. The summed E-state index contributed by atoms with van der Waals surface area (Å²) in [5.74, 6) is -0.151. The molecule has 0 unspecified atom stereocenters. The van der Waals surface area contributed by atoms with E-state index in [1.807, 2.05) is 6.92 Å². The van der Waals surface area contributed by atoms with E-state index in [1.165, 1.54) is 25.6 Å². The largest absolute Gasteiger partial charge is 0.461 e. The van der Waals surface area contributed by atoms with Crippen LogP contribution in [0.25, 0.3) is 33.5 Å². The van der Waals surface area contributed by atoms with Crippen LogP contribution in [0.15, 0.2) is 39.9 Å². The minimum Gasteiger partial charge on any atom is -0.461 e. The van der Waals surface area contributed by atoms with Crippen molar-refractivity contribution in [1.82, 2.24) is 19.4 Å². The molecule has 3 heterocycles. The summed E-state index contributed by atoms with van der Waals surface area (Å²) in [4.78, 5) is 29.4. The maximum absolute atomic E-state index is 14.9. The standard InChI is InChI=1S/C19H17FN4O3/c1-4-24-9-11(19(26)21-2)17(25)10-8-12(20)16-14(15(10)24)22-18(23(16)3)13-6-5-7-27-13/h5-9H,4H2,1-3H3,(H,21,26). The zero-order chi connectivity index (χ0) is 19.3. The van der Waals surface area contributed by atoms with E-state index >= 15 is 0 Å². The van der Waals surface area contributed by atoms with Crippen molar-refractivity contribution >= 4 is 27.8 Å². The summed E-state index contributed by atoms with van der Waals surface area (Å²) < 4.78 is 23.7. The number of halogens is 1. The van der Waals surface area contributed by atoms with Gasteiger partial charge in [0.25, 0.3) is 5.91 Å². The summed E-state index contributed by atoms with van der Waals surface area (Å²) in [6, 6.07) is 4.63. The van der Waals surface area contributed by atoms with Crippen LogP contribution < -0.4 is 10.7 Å². The Balaban J connectivity index is 2.19. The molecule has 1 N–H and O–H groups in total. The molecule has 0 radical (unpaired) electrons. The van der Waals surface area contributed by atoms with Crippen LogP contribution in [-0.2, 0) is 13.6 Å². The monoisotopic (exact) mass is 368 g/mol. The molecule has 1 aromatic carbocycles. The van der Waals surface area contributed by atoms with E-state index in [1.54, 1.807) is 28.3 Å². The normalized spacial score (nSPS) is 11.4. The maximum atomic E-state index is 14.9. The van der Waals surface area contributed by atoms with Gasteiger partial charge in [0, 0.05) is 26.8 Å². The van der Waals surface area contributed by atoms with Gasteiger partial charge in [-0.15, -0.1) is 0 Å². The summed E-state index contributed by atoms with van der Waals surface area (Å²) in [5.41, 5.74) is 0.539. The van der Waals surface area contributed by atoms with E-state index in [2.05, 4.69) is 10.3 Å². The molecule has 0 aliphatic carbocycles. The van der Waals surface area contributed by atoms with Crippen molar-refractivity contribution in [3.05, 3.63) is 52.3 Å². The molecular weight excluding hydrogens is 351 g/mol. The summed E-state index contributed by atoms with van der Waals surface area (Å²) in [7, 11) is 3.13. The topological polar surface area (TPSA) is 82.1 Å². The van der Waals surface area contributed by atoms with Crippen LogP contribution in [0, 0.1) is 5.82 Å². The Morgan fingerprint density at radius 1 is 1.37 bits per heavy atom. The number of benzene rings is 1. The number of nitrogens with one attached hydrogen (secondary N) is 1. The van der Waals surface area contributed by atoms with Crippen molar-refractivity contribution in [2.75, 3.05) is 7.05 Å². The number of nitrogens with zero attached hydrogens (tertiary/aromatic N) is 3. The van der Waals surface area contributed by atoms with Crippen LogP contribution in [0.2, 0.25) is 0 Å². The van der Waals surface area contributed by atoms with Gasteiger partial charge in [0.1, 0.15) is 22.4 Å². The summed E-state index contributed by atoms with van der Waals surface area (Å²) in [6.07, 6.45) is 3.00. The molecule has 0 aliphatic rings. The van der Waals surface area contributed by atoms with Crippen molar-refractivity contribution in [3.63, 3.8) is 0 Å². The van der Waals surface area contributed by atoms with Crippen LogP contribution in [0.5, 0.6) is 0 Å². The van der Waals surface area contributed by atoms with Crippen LogP contribution >= 0.6 is 0 Å². The third kappa shape index (κ3) is 2.37. The molecule has 0 atom stereocenters. The first-order valence-electron chi connectivity index (χ1n) is 8.46. The van der Waals surface area contributed by atoms with E-state index < -0.39 is 17.2 Å². The number of fused-ring (bicyclic) bond motifs is 3. The highest BCUT2D eigenvalue weighted by atomic mass is 19.1. The van der Waals surface area contributed by atoms with Gasteiger partial charge in [-0.2, -0.15) is 0 Å². The lowest BCUT2D eigenvalue weighted by atomic mass is 10.1. The number of carbonyl (C=O) groups is 1. The first-order valence-corrected chi connectivity index (χ1v) is 8.46. The van der Waals surface area contributed by atoms with Gasteiger partial charge < -0.3 is 18.9 Å². The SMILES string of the molecule is CCn1cc(C(=O)NC)c(=O)c2cc(F)c3c(nc(-c4ccco4)n3C)c21. The van der Waals surface area contributed by atoms with E-state index in [9.17, 15) is 14.0 Å². The molecule has 1 amide bonds. The molecule has 0 saturated carbocycles. The summed E-state index contributed by atoms with van der Waals surface area (Å²) in [6.45, 7) is 2.36. The Kier molecular flexibility index (Phi) is 3.83. The Morgan fingerprint density at radius 2 is 2.15 bits per heavy atom. The smallest absolute Gasteiger partial charge is 0.256 e. The molecule has 8 heteroatoms. The molecule has 0 saturated heterocycles. The zero-order valence-electron chi connectivity index (χ0n) is 15.0. The third-order valence-corrected chi connectivity index (χ3v) is 4.69. The molecular formula is C19H17FN4O3. The number of furan rings is 1. The molecule has 4 rings (SSSR count). The van der Waals surface area contributed by atoms with Crippen molar-refractivity contribution < 1.29 is 13.6 Å². The van der Waals surface area contributed by atoms with E-state index in [-0.39, 0.29) is 16.5 Å². The fourth-order valence-electron chi connectivity index (χ4n) is 3.39. The highest BCUT2D eigenvalue weighted by Gasteiger charge is 2.22. The minimum atomic E-state index is -0.584. The van der Waals surface area contributed by atoms with E-state index in [0.29, 0.717) is 29.2 Å². The van der Waals surface area contributed by atoms with Crippen LogP contribution in [0.4, 0.5) is 4.39 Å². The van der Waals surface area contributed by atoms with Crippen molar-refractivity contribution in [2.24, 2.45) is 7.05 Å². The van der Waals surface area contributed by atoms with Crippen LogP contribution in [0.3, 0.4) is 0 Å². The molecule has 27 heavy (non-hydrogen) atoms.